The van der Waals surface area contributed by atoms with Gasteiger partial charge in [-0.05, 0) is 30.7 Å². The fourth-order valence-corrected chi connectivity index (χ4v) is 3.55. The molecule has 0 aliphatic rings. The van der Waals surface area contributed by atoms with Gasteiger partial charge in [-0.15, -0.1) is 11.3 Å². The molecule has 3 rings (SSSR count). The molecule has 1 aromatic carbocycles. The van der Waals surface area contributed by atoms with Crippen molar-refractivity contribution in [3.05, 3.63) is 46.2 Å². The SMILES string of the molecule is CS(=O)(=O)NCCc1ccc(C(=O)Nc2nc3ccccc3[nH]2)s1. The molecular formula is C15H16N4O3S2. The summed E-state index contributed by atoms with van der Waals surface area (Å²) in [6.45, 7) is 0.310. The van der Waals surface area contributed by atoms with Crippen LogP contribution in [0.3, 0.4) is 0 Å². The van der Waals surface area contributed by atoms with Gasteiger partial charge in [-0.25, -0.2) is 18.1 Å². The number of aromatic amines is 1. The van der Waals surface area contributed by atoms with E-state index in [2.05, 4.69) is 20.0 Å². The lowest BCUT2D eigenvalue weighted by Gasteiger charge is -2.00. The number of anilines is 1. The number of rotatable bonds is 6. The Hall–Kier alpha value is -2.23. The number of imidazole rings is 1. The van der Waals surface area contributed by atoms with Crippen molar-refractivity contribution in [1.82, 2.24) is 14.7 Å². The number of nitrogens with zero attached hydrogens (tertiary/aromatic N) is 1. The first-order valence-electron chi connectivity index (χ1n) is 7.20. The zero-order valence-electron chi connectivity index (χ0n) is 12.9. The average molecular weight is 364 g/mol. The number of carbonyl (C=O) groups is 1. The monoisotopic (exact) mass is 364 g/mol. The molecule has 0 aliphatic carbocycles. The van der Waals surface area contributed by atoms with Crippen LogP contribution in [0.4, 0.5) is 5.95 Å². The highest BCUT2D eigenvalue weighted by Gasteiger charge is 2.12. The molecule has 1 amide bonds. The highest BCUT2D eigenvalue weighted by molar-refractivity contribution is 7.88. The summed E-state index contributed by atoms with van der Waals surface area (Å²) in [5, 5.41) is 2.73. The molecule has 0 bridgehead atoms. The summed E-state index contributed by atoms with van der Waals surface area (Å²) in [6, 6.07) is 11.1. The van der Waals surface area contributed by atoms with Crippen molar-refractivity contribution in [2.45, 2.75) is 6.42 Å². The Morgan fingerprint density at radius 3 is 2.79 bits per heavy atom. The molecule has 0 spiro atoms. The number of hydrogen-bond donors (Lipinski definition) is 3. The van der Waals surface area contributed by atoms with E-state index in [-0.39, 0.29) is 5.91 Å². The van der Waals surface area contributed by atoms with E-state index in [0.29, 0.717) is 23.8 Å². The molecule has 0 saturated carbocycles. The summed E-state index contributed by atoms with van der Waals surface area (Å²) in [7, 11) is -3.19. The zero-order valence-corrected chi connectivity index (χ0v) is 14.5. The first-order chi connectivity index (χ1) is 11.4. The molecule has 3 aromatic rings. The lowest BCUT2D eigenvalue weighted by Crippen LogP contribution is -2.24. The van der Waals surface area contributed by atoms with Crippen molar-refractivity contribution < 1.29 is 13.2 Å². The van der Waals surface area contributed by atoms with Crippen molar-refractivity contribution in [3.8, 4) is 0 Å². The molecule has 2 aromatic heterocycles. The van der Waals surface area contributed by atoms with Crippen LogP contribution in [0.25, 0.3) is 11.0 Å². The largest absolute Gasteiger partial charge is 0.324 e. The Balaban J connectivity index is 1.63. The molecule has 3 N–H and O–H groups in total. The quantitative estimate of drug-likeness (QED) is 0.622. The van der Waals surface area contributed by atoms with E-state index in [1.807, 2.05) is 30.3 Å². The number of thiophene rings is 1. The predicted molar refractivity (Wildman–Crippen MR) is 94.9 cm³/mol. The van der Waals surface area contributed by atoms with Crippen molar-refractivity contribution in [2.24, 2.45) is 0 Å². The summed E-state index contributed by atoms with van der Waals surface area (Å²) in [6.07, 6.45) is 1.66. The topological polar surface area (TPSA) is 104 Å². The molecule has 24 heavy (non-hydrogen) atoms. The van der Waals surface area contributed by atoms with Crippen LogP contribution in [0.1, 0.15) is 14.5 Å². The molecule has 0 radical (unpaired) electrons. The average Bonchev–Trinajstić information content (AvgIpc) is 3.11. The third-order valence-corrected chi connectivity index (χ3v) is 5.11. The molecule has 0 fully saturated rings. The molecule has 0 aliphatic heterocycles. The minimum atomic E-state index is -3.19. The highest BCUT2D eigenvalue weighted by Crippen LogP contribution is 2.19. The number of para-hydroxylation sites is 2. The third-order valence-electron chi connectivity index (χ3n) is 3.24. The number of H-pyrrole nitrogens is 1. The van der Waals surface area contributed by atoms with E-state index in [0.717, 1.165) is 22.2 Å². The molecule has 0 atom stereocenters. The van der Waals surface area contributed by atoms with Gasteiger partial charge in [0.25, 0.3) is 5.91 Å². The number of nitrogens with one attached hydrogen (secondary N) is 3. The Morgan fingerprint density at radius 1 is 1.25 bits per heavy atom. The summed E-state index contributed by atoms with van der Waals surface area (Å²) < 4.78 is 24.5. The molecule has 126 valence electrons. The second-order valence-electron chi connectivity index (χ2n) is 5.24. The highest BCUT2D eigenvalue weighted by atomic mass is 32.2. The van der Waals surface area contributed by atoms with E-state index < -0.39 is 10.0 Å². The predicted octanol–water partition coefficient (Wildman–Crippen LogP) is 1.97. The van der Waals surface area contributed by atoms with Crippen molar-refractivity contribution in [3.63, 3.8) is 0 Å². The van der Waals surface area contributed by atoms with Gasteiger partial charge in [-0.1, -0.05) is 12.1 Å². The molecule has 2 heterocycles. The second-order valence-corrected chi connectivity index (χ2v) is 8.24. The molecule has 0 unspecified atom stereocenters. The van der Waals surface area contributed by atoms with Crippen LogP contribution < -0.4 is 10.0 Å². The number of aromatic nitrogens is 2. The molecule has 9 heteroatoms. The van der Waals surface area contributed by atoms with Gasteiger partial charge in [0.2, 0.25) is 16.0 Å². The Labute approximate surface area is 143 Å². The van der Waals surface area contributed by atoms with Gasteiger partial charge < -0.3 is 4.98 Å². The van der Waals surface area contributed by atoms with Crippen LogP contribution >= 0.6 is 11.3 Å². The van der Waals surface area contributed by atoms with Gasteiger partial charge >= 0.3 is 0 Å². The van der Waals surface area contributed by atoms with Crippen LogP contribution in [-0.4, -0.2) is 37.1 Å². The first-order valence-corrected chi connectivity index (χ1v) is 9.91. The number of carbonyl (C=O) groups excluding carboxylic acids is 1. The van der Waals surface area contributed by atoms with E-state index in [1.165, 1.54) is 11.3 Å². The summed E-state index contributed by atoms with van der Waals surface area (Å²) in [4.78, 5) is 21.1. The van der Waals surface area contributed by atoms with Gasteiger partial charge in [0, 0.05) is 11.4 Å². The van der Waals surface area contributed by atoms with Crippen LogP contribution in [0.5, 0.6) is 0 Å². The lowest BCUT2D eigenvalue weighted by molar-refractivity contribution is 0.103. The van der Waals surface area contributed by atoms with Crippen LogP contribution in [-0.2, 0) is 16.4 Å². The van der Waals surface area contributed by atoms with Crippen molar-refractivity contribution >= 4 is 44.2 Å². The van der Waals surface area contributed by atoms with E-state index in [4.69, 9.17) is 0 Å². The zero-order chi connectivity index (χ0) is 17.2. The number of benzene rings is 1. The third kappa shape index (κ3) is 4.19. The normalized spacial score (nSPS) is 11.7. The van der Waals surface area contributed by atoms with E-state index in [1.54, 1.807) is 6.07 Å². The molecule has 0 saturated heterocycles. The minimum absolute atomic E-state index is 0.249. The molecular weight excluding hydrogens is 348 g/mol. The maximum Gasteiger partial charge on any atom is 0.268 e. The van der Waals surface area contributed by atoms with E-state index >= 15 is 0 Å². The number of fused-ring (bicyclic) bond motifs is 1. The summed E-state index contributed by atoms with van der Waals surface area (Å²) in [5.41, 5.74) is 1.64. The summed E-state index contributed by atoms with van der Waals surface area (Å²) in [5.74, 6) is 0.149. The van der Waals surface area contributed by atoms with Gasteiger partial charge in [0.15, 0.2) is 0 Å². The standard InChI is InChI=1S/C15H16N4O3S2/c1-24(21,22)16-9-8-10-6-7-13(23-10)14(20)19-15-17-11-4-2-3-5-12(11)18-15/h2-7,16H,8-9H2,1H3,(H2,17,18,19,20). The van der Waals surface area contributed by atoms with Crippen molar-refractivity contribution in [1.29, 1.82) is 0 Å². The smallest absolute Gasteiger partial charge is 0.268 e. The van der Waals surface area contributed by atoms with Crippen LogP contribution in [0.2, 0.25) is 0 Å². The number of sulfonamides is 1. The van der Waals surface area contributed by atoms with Crippen LogP contribution in [0.15, 0.2) is 36.4 Å². The Bertz CT molecular complexity index is 942. The minimum Gasteiger partial charge on any atom is -0.324 e. The Kier molecular flexibility index (Phi) is 4.65. The Morgan fingerprint density at radius 2 is 2.04 bits per heavy atom. The van der Waals surface area contributed by atoms with Gasteiger partial charge in [-0.2, -0.15) is 0 Å². The number of hydrogen-bond acceptors (Lipinski definition) is 5. The maximum atomic E-state index is 12.3. The lowest BCUT2D eigenvalue weighted by atomic mass is 10.3. The van der Waals surface area contributed by atoms with Crippen LogP contribution in [0, 0.1) is 0 Å². The maximum absolute atomic E-state index is 12.3. The van der Waals surface area contributed by atoms with Gasteiger partial charge in [0.05, 0.1) is 22.2 Å². The number of amides is 1. The molecule has 7 nitrogen and oxygen atoms in total. The fraction of sp³-hybridized carbons (Fsp3) is 0.200. The first kappa shape index (κ1) is 16.6. The fourth-order valence-electron chi connectivity index (χ4n) is 2.18. The van der Waals surface area contributed by atoms with Gasteiger partial charge in [0.1, 0.15) is 0 Å². The van der Waals surface area contributed by atoms with Gasteiger partial charge in [-0.3, -0.25) is 10.1 Å². The van der Waals surface area contributed by atoms with Crippen molar-refractivity contribution in [2.75, 3.05) is 18.1 Å². The second kappa shape index (κ2) is 6.71. The summed E-state index contributed by atoms with van der Waals surface area (Å²) >= 11 is 1.33. The van der Waals surface area contributed by atoms with E-state index in [9.17, 15) is 13.2 Å².